The van der Waals surface area contributed by atoms with E-state index in [0.29, 0.717) is 12.5 Å². The zero-order valence-corrected chi connectivity index (χ0v) is 9.67. The number of nitrogens with zero attached hydrogens (tertiary/aromatic N) is 1. The van der Waals surface area contributed by atoms with E-state index < -0.39 is 0 Å². The van der Waals surface area contributed by atoms with Gasteiger partial charge < -0.3 is 9.64 Å². The molecule has 1 saturated heterocycles. The zero-order valence-electron chi connectivity index (χ0n) is 9.67. The first-order chi connectivity index (χ1) is 6.50. The molecule has 0 saturated carbocycles. The molecule has 14 heavy (non-hydrogen) atoms. The van der Waals surface area contributed by atoms with Gasteiger partial charge >= 0.3 is 5.97 Å². The average molecular weight is 199 g/mol. The largest absolute Gasteiger partial charge is 0.466 e. The van der Waals surface area contributed by atoms with Crippen LogP contribution in [0.15, 0.2) is 0 Å². The Hall–Kier alpha value is -0.570. The van der Waals surface area contributed by atoms with Gasteiger partial charge in [0.05, 0.1) is 12.0 Å². The summed E-state index contributed by atoms with van der Waals surface area (Å²) in [7, 11) is 2.06. The predicted octanol–water partition coefficient (Wildman–Crippen LogP) is 1.53. The quantitative estimate of drug-likeness (QED) is 0.632. The molecule has 0 radical (unpaired) electrons. The van der Waals surface area contributed by atoms with Crippen molar-refractivity contribution in [3.8, 4) is 0 Å². The van der Waals surface area contributed by atoms with Gasteiger partial charge in [-0.25, -0.2) is 0 Å². The number of esters is 1. The summed E-state index contributed by atoms with van der Waals surface area (Å²) < 4.78 is 5.14. The standard InChI is InChI=1S/C11H21NO2/c1-5-14-10(13)11(3)8-12(4)7-6-9(11)2/h9H,5-8H2,1-4H3. The van der Waals surface area contributed by atoms with Crippen LogP contribution in [0.4, 0.5) is 0 Å². The number of hydrogen-bond donors (Lipinski definition) is 0. The Labute approximate surface area is 86.4 Å². The number of carbonyl (C=O) groups excluding carboxylic acids is 1. The maximum atomic E-state index is 11.8. The lowest BCUT2D eigenvalue weighted by Crippen LogP contribution is -2.50. The molecule has 3 nitrogen and oxygen atoms in total. The Bertz CT molecular complexity index is 217. The van der Waals surface area contributed by atoms with E-state index in [0.717, 1.165) is 19.5 Å². The summed E-state index contributed by atoms with van der Waals surface area (Å²) in [6, 6.07) is 0. The highest BCUT2D eigenvalue weighted by atomic mass is 16.5. The lowest BCUT2D eigenvalue weighted by molar-refractivity contribution is -0.161. The van der Waals surface area contributed by atoms with Gasteiger partial charge in [0.25, 0.3) is 0 Å². The van der Waals surface area contributed by atoms with E-state index in [2.05, 4.69) is 18.9 Å². The zero-order chi connectivity index (χ0) is 10.8. The van der Waals surface area contributed by atoms with Crippen molar-refractivity contribution in [1.29, 1.82) is 0 Å². The minimum Gasteiger partial charge on any atom is -0.466 e. The highest BCUT2D eigenvalue weighted by molar-refractivity contribution is 5.77. The summed E-state index contributed by atoms with van der Waals surface area (Å²) in [5.41, 5.74) is -0.316. The van der Waals surface area contributed by atoms with E-state index in [9.17, 15) is 4.79 Å². The van der Waals surface area contributed by atoms with Gasteiger partial charge in [-0.2, -0.15) is 0 Å². The Morgan fingerprint density at radius 2 is 2.29 bits per heavy atom. The van der Waals surface area contributed by atoms with Crippen LogP contribution in [0.5, 0.6) is 0 Å². The molecule has 1 fully saturated rings. The molecule has 0 N–H and O–H groups in total. The monoisotopic (exact) mass is 199 g/mol. The average Bonchev–Trinajstić information content (AvgIpc) is 2.12. The Kier molecular flexibility index (Phi) is 3.53. The van der Waals surface area contributed by atoms with Crippen molar-refractivity contribution in [3.63, 3.8) is 0 Å². The SMILES string of the molecule is CCOC(=O)C1(C)CN(C)CCC1C. The van der Waals surface area contributed by atoms with Crippen LogP contribution in [0, 0.1) is 11.3 Å². The summed E-state index contributed by atoms with van der Waals surface area (Å²) in [4.78, 5) is 14.0. The van der Waals surface area contributed by atoms with Gasteiger partial charge in [-0.3, -0.25) is 4.79 Å². The smallest absolute Gasteiger partial charge is 0.313 e. The number of likely N-dealkylation sites (tertiary alicyclic amines) is 1. The van der Waals surface area contributed by atoms with E-state index >= 15 is 0 Å². The van der Waals surface area contributed by atoms with Crippen molar-refractivity contribution in [3.05, 3.63) is 0 Å². The molecule has 0 aliphatic carbocycles. The van der Waals surface area contributed by atoms with Gasteiger partial charge in [-0.15, -0.1) is 0 Å². The molecule has 1 aliphatic rings. The molecule has 0 aromatic rings. The number of hydrogen-bond acceptors (Lipinski definition) is 3. The minimum absolute atomic E-state index is 0.0425. The molecule has 0 amide bonds. The number of piperidine rings is 1. The molecule has 2 atom stereocenters. The molecule has 82 valence electrons. The van der Waals surface area contributed by atoms with Crippen molar-refractivity contribution in [2.45, 2.75) is 27.2 Å². The van der Waals surface area contributed by atoms with Crippen LogP contribution < -0.4 is 0 Å². The molecule has 0 bridgehead atoms. The van der Waals surface area contributed by atoms with Crippen molar-refractivity contribution in [2.24, 2.45) is 11.3 Å². The number of carbonyl (C=O) groups is 1. The van der Waals surface area contributed by atoms with Crippen LogP contribution in [0.2, 0.25) is 0 Å². The minimum atomic E-state index is -0.316. The van der Waals surface area contributed by atoms with Crippen LogP contribution in [0.1, 0.15) is 27.2 Å². The summed E-state index contributed by atoms with van der Waals surface area (Å²) in [6.07, 6.45) is 1.08. The molecule has 0 aromatic heterocycles. The van der Waals surface area contributed by atoms with E-state index in [4.69, 9.17) is 4.74 Å². The second-order valence-electron chi connectivity index (χ2n) is 4.57. The van der Waals surface area contributed by atoms with Gasteiger partial charge in [0.1, 0.15) is 0 Å². The molecule has 1 aliphatic heterocycles. The lowest BCUT2D eigenvalue weighted by atomic mass is 9.73. The second-order valence-corrected chi connectivity index (χ2v) is 4.57. The first kappa shape index (κ1) is 11.5. The van der Waals surface area contributed by atoms with Gasteiger partial charge in [-0.05, 0) is 39.8 Å². The third kappa shape index (κ3) is 2.08. The van der Waals surface area contributed by atoms with Crippen LogP contribution >= 0.6 is 0 Å². The summed E-state index contributed by atoms with van der Waals surface area (Å²) in [6.45, 7) is 8.39. The summed E-state index contributed by atoms with van der Waals surface area (Å²) >= 11 is 0. The second kappa shape index (κ2) is 4.30. The van der Waals surface area contributed by atoms with Crippen molar-refractivity contribution >= 4 is 5.97 Å². The maximum absolute atomic E-state index is 11.8. The topological polar surface area (TPSA) is 29.5 Å². The summed E-state index contributed by atoms with van der Waals surface area (Å²) in [5, 5.41) is 0. The third-order valence-corrected chi connectivity index (χ3v) is 3.37. The highest BCUT2D eigenvalue weighted by Crippen LogP contribution is 2.35. The van der Waals surface area contributed by atoms with E-state index in [1.165, 1.54) is 0 Å². The van der Waals surface area contributed by atoms with Crippen LogP contribution in [0.25, 0.3) is 0 Å². The fourth-order valence-electron chi connectivity index (χ4n) is 2.09. The third-order valence-electron chi connectivity index (χ3n) is 3.37. The number of rotatable bonds is 2. The lowest BCUT2D eigenvalue weighted by Gasteiger charge is -2.41. The van der Waals surface area contributed by atoms with E-state index in [1.807, 2.05) is 13.8 Å². The number of ether oxygens (including phenoxy) is 1. The maximum Gasteiger partial charge on any atom is 0.313 e. The van der Waals surface area contributed by atoms with Crippen LogP contribution in [-0.4, -0.2) is 37.6 Å². The van der Waals surface area contributed by atoms with E-state index in [-0.39, 0.29) is 11.4 Å². The van der Waals surface area contributed by atoms with Crippen molar-refractivity contribution in [2.75, 3.05) is 26.7 Å². The van der Waals surface area contributed by atoms with E-state index in [1.54, 1.807) is 0 Å². The molecular formula is C11H21NO2. The molecule has 0 spiro atoms. The predicted molar refractivity (Wildman–Crippen MR) is 56.0 cm³/mol. The molecular weight excluding hydrogens is 178 g/mol. The van der Waals surface area contributed by atoms with Crippen LogP contribution in [-0.2, 0) is 9.53 Å². The van der Waals surface area contributed by atoms with Gasteiger partial charge in [-0.1, -0.05) is 6.92 Å². The Morgan fingerprint density at radius 1 is 1.64 bits per heavy atom. The fourth-order valence-corrected chi connectivity index (χ4v) is 2.09. The van der Waals surface area contributed by atoms with Crippen molar-refractivity contribution < 1.29 is 9.53 Å². The first-order valence-electron chi connectivity index (χ1n) is 5.36. The Morgan fingerprint density at radius 3 is 2.86 bits per heavy atom. The normalized spacial score (nSPS) is 34.1. The highest BCUT2D eigenvalue weighted by Gasteiger charge is 2.43. The molecule has 0 aromatic carbocycles. The molecule has 2 unspecified atom stereocenters. The molecule has 1 rings (SSSR count). The van der Waals surface area contributed by atoms with Gasteiger partial charge in [0.15, 0.2) is 0 Å². The van der Waals surface area contributed by atoms with Gasteiger partial charge in [0, 0.05) is 6.54 Å². The molecule has 1 heterocycles. The molecule has 3 heteroatoms. The van der Waals surface area contributed by atoms with Crippen molar-refractivity contribution in [1.82, 2.24) is 4.90 Å². The van der Waals surface area contributed by atoms with Gasteiger partial charge in [0.2, 0.25) is 0 Å². The fraction of sp³-hybridized carbons (Fsp3) is 0.909. The Balaban J connectivity index is 2.72. The van der Waals surface area contributed by atoms with Crippen LogP contribution in [0.3, 0.4) is 0 Å². The first-order valence-corrected chi connectivity index (χ1v) is 5.36. The summed E-state index contributed by atoms with van der Waals surface area (Å²) in [5.74, 6) is 0.372.